The van der Waals surface area contributed by atoms with Gasteiger partial charge in [0.25, 0.3) is 5.89 Å². The first-order valence-electron chi connectivity index (χ1n) is 7.23. The fraction of sp³-hybridized carbons (Fsp3) is 0.400. The van der Waals surface area contributed by atoms with Gasteiger partial charge in [0.2, 0.25) is 11.7 Å². The minimum atomic E-state index is -0.908. The van der Waals surface area contributed by atoms with E-state index in [0.29, 0.717) is 5.56 Å². The zero-order valence-electron chi connectivity index (χ0n) is 12.3. The fourth-order valence-corrected chi connectivity index (χ4v) is 2.40. The molecule has 1 aromatic carbocycles. The fourth-order valence-electron chi connectivity index (χ4n) is 2.15. The van der Waals surface area contributed by atoms with Gasteiger partial charge in [-0.3, -0.25) is 4.79 Å². The van der Waals surface area contributed by atoms with Gasteiger partial charge in [-0.15, -0.1) is 0 Å². The van der Waals surface area contributed by atoms with E-state index in [0.717, 1.165) is 18.9 Å². The molecule has 0 radical (unpaired) electrons. The quantitative estimate of drug-likeness (QED) is 0.873. The van der Waals surface area contributed by atoms with Gasteiger partial charge in [0.1, 0.15) is 11.9 Å². The monoisotopic (exact) mass is 339 g/mol. The van der Waals surface area contributed by atoms with Gasteiger partial charge < -0.3 is 14.9 Å². The van der Waals surface area contributed by atoms with E-state index in [9.17, 15) is 14.3 Å². The average Bonchev–Trinajstić information content (AvgIpc) is 3.23. The number of aromatic nitrogens is 2. The summed E-state index contributed by atoms with van der Waals surface area (Å²) in [6, 6.07) is 3.02. The molecule has 1 fully saturated rings. The molecular formula is C15H15ClFN3O3. The van der Waals surface area contributed by atoms with Crippen molar-refractivity contribution in [2.24, 2.45) is 5.92 Å². The molecule has 1 saturated carbocycles. The van der Waals surface area contributed by atoms with E-state index in [1.165, 1.54) is 19.1 Å². The molecule has 0 unspecified atom stereocenters. The van der Waals surface area contributed by atoms with Crippen LogP contribution in [0.3, 0.4) is 0 Å². The summed E-state index contributed by atoms with van der Waals surface area (Å²) in [6.45, 7) is 1.52. The number of aliphatic hydroxyl groups excluding tert-OH is 1. The molecule has 23 heavy (non-hydrogen) atoms. The van der Waals surface area contributed by atoms with Gasteiger partial charge >= 0.3 is 0 Å². The number of amides is 1. The minimum absolute atomic E-state index is 0.00909. The summed E-state index contributed by atoms with van der Waals surface area (Å²) in [5.74, 6) is -0.387. The highest BCUT2D eigenvalue weighted by molar-refractivity contribution is 6.33. The number of hydrogen-bond acceptors (Lipinski definition) is 5. The van der Waals surface area contributed by atoms with Crippen molar-refractivity contribution in [2.75, 3.05) is 0 Å². The van der Waals surface area contributed by atoms with E-state index in [1.807, 2.05) is 0 Å². The van der Waals surface area contributed by atoms with Gasteiger partial charge in [-0.05, 0) is 38.0 Å². The maximum Gasteiger partial charge on any atom is 0.252 e. The van der Waals surface area contributed by atoms with Gasteiger partial charge in [-0.2, -0.15) is 4.98 Å². The molecule has 3 rings (SSSR count). The lowest BCUT2D eigenvalue weighted by molar-refractivity contribution is -0.124. The lowest BCUT2D eigenvalue weighted by atomic mass is 10.1. The molecule has 1 aliphatic carbocycles. The SMILES string of the molecule is C[C@@H](O)[C@@H](NC(=O)C1CC1)c1nc(-c2ccc(F)cc2Cl)no1. The molecule has 1 aliphatic rings. The van der Waals surface area contributed by atoms with E-state index in [-0.39, 0.29) is 28.6 Å². The van der Waals surface area contributed by atoms with Crippen molar-refractivity contribution >= 4 is 17.5 Å². The van der Waals surface area contributed by atoms with Crippen LogP contribution in [0.25, 0.3) is 11.4 Å². The number of rotatable bonds is 5. The van der Waals surface area contributed by atoms with Crippen LogP contribution in [0.15, 0.2) is 22.7 Å². The second-order valence-electron chi connectivity index (χ2n) is 5.58. The first-order chi connectivity index (χ1) is 11.0. The van der Waals surface area contributed by atoms with Crippen molar-refractivity contribution in [1.29, 1.82) is 0 Å². The summed E-state index contributed by atoms with van der Waals surface area (Å²) in [5, 5.41) is 16.5. The third kappa shape index (κ3) is 3.51. The number of hydrogen-bond donors (Lipinski definition) is 2. The van der Waals surface area contributed by atoms with Crippen LogP contribution in [-0.2, 0) is 4.79 Å². The number of carbonyl (C=O) groups is 1. The van der Waals surface area contributed by atoms with E-state index >= 15 is 0 Å². The Hall–Kier alpha value is -1.99. The molecule has 2 atom stereocenters. The lowest BCUT2D eigenvalue weighted by Crippen LogP contribution is -2.36. The zero-order valence-corrected chi connectivity index (χ0v) is 13.0. The Labute approximate surface area is 136 Å². The van der Waals surface area contributed by atoms with Crippen LogP contribution in [-0.4, -0.2) is 27.3 Å². The van der Waals surface area contributed by atoms with Crippen molar-refractivity contribution in [3.63, 3.8) is 0 Å². The maximum absolute atomic E-state index is 13.1. The Morgan fingerprint density at radius 1 is 1.52 bits per heavy atom. The molecule has 0 saturated heterocycles. The van der Waals surface area contributed by atoms with Crippen molar-refractivity contribution < 1.29 is 18.8 Å². The summed E-state index contributed by atoms with van der Waals surface area (Å²) in [5.41, 5.74) is 0.404. The number of aliphatic hydroxyl groups is 1. The summed E-state index contributed by atoms with van der Waals surface area (Å²) in [6.07, 6.45) is 0.784. The van der Waals surface area contributed by atoms with Crippen LogP contribution in [0.4, 0.5) is 4.39 Å². The third-order valence-electron chi connectivity index (χ3n) is 3.61. The largest absolute Gasteiger partial charge is 0.391 e. The van der Waals surface area contributed by atoms with Crippen LogP contribution in [0.2, 0.25) is 5.02 Å². The summed E-state index contributed by atoms with van der Waals surface area (Å²) in [4.78, 5) is 16.1. The standard InChI is InChI=1S/C15H15ClFN3O3/c1-7(21)12(18-14(22)8-2-3-8)15-19-13(20-23-15)10-5-4-9(17)6-11(10)16/h4-8,12,21H,2-3H2,1H3,(H,18,22)/t7-,12-/m1/s1. The van der Waals surface area contributed by atoms with E-state index in [1.54, 1.807) is 0 Å². The molecule has 8 heteroatoms. The molecule has 2 N–H and O–H groups in total. The number of benzene rings is 1. The van der Waals surface area contributed by atoms with Crippen molar-refractivity contribution in [1.82, 2.24) is 15.5 Å². The molecule has 1 heterocycles. The Kier molecular flexibility index (Phi) is 4.32. The molecule has 2 aromatic rings. The topological polar surface area (TPSA) is 88.2 Å². The van der Waals surface area contributed by atoms with Crippen LogP contribution < -0.4 is 5.32 Å². The smallest absolute Gasteiger partial charge is 0.252 e. The number of nitrogens with one attached hydrogen (secondary N) is 1. The maximum atomic E-state index is 13.1. The second kappa shape index (κ2) is 6.25. The van der Waals surface area contributed by atoms with Crippen LogP contribution in [0.1, 0.15) is 31.7 Å². The predicted molar refractivity (Wildman–Crippen MR) is 80.0 cm³/mol. The highest BCUT2D eigenvalue weighted by Crippen LogP contribution is 2.31. The van der Waals surface area contributed by atoms with E-state index < -0.39 is 18.0 Å². The van der Waals surface area contributed by atoms with Gasteiger partial charge in [-0.25, -0.2) is 4.39 Å². The Bertz CT molecular complexity index is 731. The normalized spacial score (nSPS) is 16.9. The Morgan fingerprint density at radius 3 is 2.87 bits per heavy atom. The summed E-state index contributed by atoms with van der Waals surface area (Å²) >= 11 is 5.97. The van der Waals surface area contributed by atoms with Gasteiger partial charge in [-0.1, -0.05) is 16.8 Å². The highest BCUT2D eigenvalue weighted by Gasteiger charge is 2.34. The lowest BCUT2D eigenvalue weighted by Gasteiger charge is -2.17. The number of nitrogens with zero attached hydrogens (tertiary/aromatic N) is 2. The van der Waals surface area contributed by atoms with E-state index in [4.69, 9.17) is 16.1 Å². The number of halogens is 2. The van der Waals surface area contributed by atoms with E-state index in [2.05, 4.69) is 15.5 Å². The molecule has 1 amide bonds. The van der Waals surface area contributed by atoms with Crippen LogP contribution in [0.5, 0.6) is 0 Å². The summed E-state index contributed by atoms with van der Waals surface area (Å²) in [7, 11) is 0. The average molecular weight is 340 g/mol. The Balaban J connectivity index is 1.84. The first-order valence-corrected chi connectivity index (χ1v) is 7.61. The van der Waals surface area contributed by atoms with Crippen LogP contribution in [0, 0.1) is 11.7 Å². The number of carbonyl (C=O) groups excluding carboxylic acids is 1. The predicted octanol–water partition coefficient (Wildman–Crippen LogP) is 2.48. The van der Waals surface area contributed by atoms with Gasteiger partial charge in [0, 0.05) is 11.5 Å². The Morgan fingerprint density at radius 2 is 2.26 bits per heavy atom. The molecule has 0 bridgehead atoms. The molecule has 0 spiro atoms. The third-order valence-corrected chi connectivity index (χ3v) is 3.92. The van der Waals surface area contributed by atoms with Gasteiger partial charge in [0.15, 0.2) is 0 Å². The van der Waals surface area contributed by atoms with Crippen molar-refractivity contribution in [3.8, 4) is 11.4 Å². The first kappa shape index (κ1) is 15.9. The highest BCUT2D eigenvalue weighted by atomic mass is 35.5. The summed E-state index contributed by atoms with van der Waals surface area (Å²) < 4.78 is 18.2. The van der Waals surface area contributed by atoms with Crippen molar-refractivity contribution in [3.05, 3.63) is 34.9 Å². The molecular weight excluding hydrogens is 325 g/mol. The minimum Gasteiger partial charge on any atom is -0.391 e. The van der Waals surface area contributed by atoms with Gasteiger partial charge in [0.05, 0.1) is 11.1 Å². The molecule has 6 nitrogen and oxygen atoms in total. The van der Waals surface area contributed by atoms with Crippen LogP contribution >= 0.6 is 11.6 Å². The zero-order chi connectivity index (χ0) is 16.6. The molecule has 0 aliphatic heterocycles. The molecule has 1 aromatic heterocycles. The molecule has 122 valence electrons. The second-order valence-corrected chi connectivity index (χ2v) is 5.99. The van der Waals surface area contributed by atoms with Crippen molar-refractivity contribution in [2.45, 2.75) is 31.9 Å².